The van der Waals surface area contributed by atoms with Gasteiger partial charge in [0.05, 0.1) is 5.60 Å². The van der Waals surface area contributed by atoms with Crippen LogP contribution in [0.2, 0.25) is 0 Å². The van der Waals surface area contributed by atoms with E-state index in [0.717, 1.165) is 38.2 Å². The second-order valence-electron chi connectivity index (χ2n) is 5.16. The minimum atomic E-state index is -0.607. The van der Waals surface area contributed by atoms with E-state index in [1.807, 2.05) is 19.3 Å². The molecule has 0 saturated carbocycles. The fraction of sp³-hybridized carbons (Fsp3) is 0.692. The fourth-order valence-corrected chi connectivity index (χ4v) is 2.32. The molecule has 0 spiro atoms. The maximum absolute atomic E-state index is 10.0. The van der Waals surface area contributed by atoms with Gasteiger partial charge in [-0.2, -0.15) is 0 Å². The number of aliphatic hydroxyl groups is 1. The van der Waals surface area contributed by atoms with Crippen molar-refractivity contribution >= 4 is 5.95 Å². The topological polar surface area (TPSA) is 49.2 Å². The quantitative estimate of drug-likeness (QED) is 0.867. The van der Waals surface area contributed by atoms with E-state index in [0.29, 0.717) is 6.54 Å². The second-order valence-corrected chi connectivity index (χ2v) is 5.16. The van der Waals surface area contributed by atoms with Crippen molar-refractivity contribution in [2.75, 3.05) is 18.0 Å². The molecule has 2 heterocycles. The highest BCUT2D eigenvalue weighted by Gasteiger charge is 2.29. The Bertz CT molecular complexity index is 361. The molecule has 1 N–H and O–H groups in total. The maximum Gasteiger partial charge on any atom is 0.225 e. The fourth-order valence-electron chi connectivity index (χ4n) is 2.32. The zero-order valence-electron chi connectivity index (χ0n) is 10.7. The third kappa shape index (κ3) is 3.16. The summed E-state index contributed by atoms with van der Waals surface area (Å²) in [4.78, 5) is 10.8. The number of β-amino-alcohol motifs (C(OH)–C–C–N with tert-alkyl or cyclic N) is 1. The summed E-state index contributed by atoms with van der Waals surface area (Å²) in [6.45, 7) is 5.59. The van der Waals surface area contributed by atoms with Gasteiger partial charge in [0.2, 0.25) is 5.95 Å². The standard InChI is InChI=1S/C13H21N3O/c1-3-5-11-8-14-12(15-9-11)16-7-4-6-13(2,17)10-16/h8-9,17H,3-7,10H2,1-2H3/t13-/m0/s1. The lowest BCUT2D eigenvalue weighted by Crippen LogP contribution is -2.46. The van der Waals surface area contributed by atoms with Crippen LogP contribution in [0.3, 0.4) is 0 Å². The van der Waals surface area contributed by atoms with Gasteiger partial charge in [0, 0.05) is 25.5 Å². The molecule has 2 rings (SSSR count). The smallest absolute Gasteiger partial charge is 0.225 e. The summed E-state index contributed by atoms with van der Waals surface area (Å²) < 4.78 is 0. The first-order valence-corrected chi connectivity index (χ1v) is 6.39. The van der Waals surface area contributed by atoms with E-state index in [1.54, 1.807) is 0 Å². The van der Waals surface area contributed by atoms with Crippen LogP contribution in [0.1, 0.15) is 38.7 Å². The molecule has 0 bridgehead atoms. The predicted octanol–water partition coefficient (Wildman–Crippen LogP) is 1.78. The first kappa shape index (κ1) is 12.3. The Balaban J connectivity index is 2.06. The summed E-state index contributed by atoms with van der Waals surface area (Å²) in [5, 5.41) is 10.0. The molecule has 94 valence electrons. The van der Waals surface area contributed by atoms with E-state index < -0.39 is 5.60 Å². The molecular formula is C13H21N3O. The molecule has 1 saturated heterocycles. The van der Waals surface area contributed by atoms with Crippen LogP contribution in [0.25, 0.3) is 0 Å². The van der Waals surface area contributed by atoms with Crippen molar-refractivity contribution in [3.8, 4) is 0 Å². The summed E-state index contributed by atoms with van der Waals surface area (Å²) in [6, 6.07) is 0. The lowest BCUT2D eigenvalue weighted by molar-refractivity contribution is 0.0444. The van der Waals surface area contributed by atoms with Gasteiger partial charge in [-0.1, -0.05) is 13.3 Å². The summed E-state index contributed by atoms with van der Waals surface area (Å²) in [7, 11) is 0. The van der Waals surface area contributed by atoms with Crippen LogP contribution in [0.4, 0.5) is 5.95 Å². The monoisotopic (exact) mass is 235 g/mol. The molecule has 1 aliphatic heterocycles. The minimum Gasteiger partial charge on any atom is -0.388 e. The molecule has 17 heavy (non-hydrogen) atoms. The molecule has 4 nitrogen and oxygen atoms in total. The SMILES string of the molecule is CCCc1cnc(N2CCC[C@](C)(O)C2)nc1. The molecule has 1 aliphatic rings. The Morgan fingerprint density at radius 2 is 2.12 bits per heavy atom. The van der Waals surface area contributed by atoms with Crippen LogP contribution in [0.15, 0.2) is 12.4 Å². The van der Waals surface area contributed by atoms with Gasteiger partial charge in [-0.15, -0.1) is 0 Å². The molecule has 1 aromatic heterocycles. The second kappa shape index (κ2) is 5.00. The molecule has 0 radical (unpaired) electrons. The van der Waals surface area contributed by atoms with Gasteiger partial charge in [-0.05, 0) is 31.7 Å². The van der Waals surface area contributed by atoms with Crippen molar-refractivity contribution in [3.63, 3.8) is 0 Å². The summed E-state index contributed by atoms with van der Waals surface area (Å²) in [6.07, 6.45) is 7.79. The largest absolute Gasteiger partial charge is 0.388 e. The van der Waals surface area contributed by atoms with Gasteiger partial charge in [0.25, 0.3) is 0 Å². The van der Waals surface area contributed by atoms with Crippen LogP contribution >= 0.6 is 0 Å². The van der Waals surface area contributed by atoms with E-state index in [-0.39, 0.29) is 0 Å². The molecule has 0 aliphatic carbocycles. The van der Waals surface area contributed by atoms with Crippen LogP contribution in [0.5, 0.6) is 0 Å². The summed E-state index contributed by atoms with van der Waals surface area (Å²) in [5.41, 5.74) is 0.573. The first-order chi connectivity index (χ1) is 8.11. The number of nitrogens with zero attached hydrogens (tertiary/aromatic N) is 3. The lowest BCUT2D eigenvalue weighted by Gasteiger charge is -2.36. The Morgan fingerprint density at radius 3 is 2.71 bits per heavy atom. The molecule has 1 atom stereocenters. The van der Waals surface area contributed by atoms with E-state index in [4.69, 9.17) is 0 Å². The molecule has 0 aromatic carbocycles. The number of rotatable bonds is 3. The normalized spacial score (nSPS) is 25.0. The third-order valence-corrected chi connectivity index (χ3v) is 3.19. The van der Waals surface area contributed by atoms with Crippen LogP contribution in [-0.4, -0.2) is 33.8 Å². The van der Waals surface area contributed by atoms with Gasteiger partial charge in [0.15, 0.2) is 0 Å². The minimum absolute atomic E-state index is 0.607. The van der Waals surface area contributed by atoms with Gasteiger partial charge in [-0.25, -0.2) is 9.97 Å². The Morgan fingerprint density at radius 1 is 1.41 bits per heavy atom. The summed E-state index contributed by atoms with van der Waals surface area (Å²) >= 11 is 0. The molecule has 1 fully saturated rings. The van der Waals surface area contributed by atoms with E-state index in [2.05, 4.69) is 21.8 Å². The number of anilines is 1. The molecule has 4 heteroatoms. The van der Waals surface area contributed by atoms with Gasteiger partial charge >= 0.3 is 0 Å². The summed E-state index contributed by atoms with van der Waals surface area (Å²) in [5.74, 6) is 0.741. The maximum atomic E-state index is 10.0. The van der Waals surface area contributed by atoms with Crippen molar-refractivity contribution < 1.29 is 5.11 Å². The average molecular weight is 235 g/mol. The number of aromatic nitrogens is 2. The van der Waals surface area contributed by atoms with Crippen molar-refractivity contribution in [3.05, 3.63) is 18.0 Å². The van der Waals surface area contributed by atoms with E-state index >= 15 is 0 Å². The Hall–Kier alpha value is -1.16. The number of aryl methyl sites for hydroxylation is 1. The average Bonchev–Trinajstić information content (AvgIpc) is 2.29. The van der Waals surface area contributed by atoms with Gasteiger partial charge < -0.3 is 10.0 Å². The van der Waals surface area contributed by atoms with Crippen LogP contribution in [0, 0.1) is 0 Å². The lowest BCUT2D eigenvalue weighted by atomic mass is 9.95. The van der Waals surface area contributed by atoms with Crippen LogP contribution in [-0.2, 0) is 6.42 Å². The zero-order valence-corrected chi connectivity index (χ0v) is 10.7. The van der Waals surface area contributed by atoms with Crippen molar-refractivity contribution in [1.82, 2.24) is 9.97 Å². The number of piperidine rings is 1. The highest BCUT2D eigenvalue weighted by Crippen LogP contribution is 2.23. The van der Waals surface area contributed by atoms with Crippen molar-refractivity contribution in [2.45, 2.75) is 45.1 Å². The van der Waals surface area contributed by atoms with Gasteiger partial charge in [-0.3, -0.25) is 0 Å². The van der Waals surface area contributed by atoms with Crippen LogP contribution < -0.4 is 4.90 Å². The molecule has 0 unspecified atom stereocenters. The number of hydrogen-bond donors (Lipinski definition) is 1. The highest BCUT2D eigenvalue weighted by atomic mass is 16.3. The van der Waals surface area contributed by atoms with E-state index in [9.17, 15) is 5.11 Å². The molecule has 0 amide bonds. The predicted molar refractivity (Wildman–Crippen MR) is 68.1 cm³/mol. The first-order valence-electron chi connectivity index (χ1n) is 6.39. The van der Waals surface area contributed by atoms with Crippen molar-refractivity contribution in [2.24, 2.45) is 0 Å². The van der Waals surface area contributed by atoms with Gasteiger partial charge in [0.1, 0.15) is 0 Å². The number of hydrogen-bond acceptors (Lipinski definition) is 4. The Kier molecular flexibility index (Phi) is 3.62. The van der Waals surface area contributed by atoms with E-state index in [1.165, 1.54) is 5.56 Å². The third-order valence-electron chi connectivity index (χ3n) is 3.19. The molecule has 1 aromatic rings. The van der Waals surface area contributed by atoms with Crippen molar-refractivity contribution in [1.29, 1.82) is 0 Å². The zero-order chi connectivity index (χ0) is 12.3. The highest BCUT2D eigenvalue weighted by molar-refractivity contribution is 5.31. The molecular weight excluding hydrogens is 214 g/mol. The Labute approximate surface area is 103 Å².